The van der Waals surface area contributed by atoms with Gasteiger partial charge in [-0.05, 0) is 41.7 Å². The summed E-state index contributed by atoms with van der Waals surface area (Å²) in [5.74, 6) is -2.72. The van der Waals surface area contributed by atoms with E-state index in [-0.39, 0.29) is 17.4 Å². The molecule has 2 atom stereocenters. The van der Waals surface area contributed by atoms with Crippen molar-refractivity contribution in [1.82, 2.24) is 4.90 Å². The summed E-state index contributed by atoms with van der Waals surface area (Å²) >= 11 is 0. The SMILES string of the molecule is CC(C)CN=C(C(C#N)C(=O)O)C1(CN2CCOCC2)C=C(Cc2ccc(F)cc2)C=N1. The van der Waals surface area contributed by atoms with Gasteiger partial charge in [0.15, 0.2) is 5.92 Å². The maximum atomic E-state index is 13.3. The van der Waals surface area contributed by atoms with Crippen molar-refractivity contribution < 1.29 is 19.0 Å². The molecule has 1 saturated heterocycles. The second-order valence-electron chi connectivity index (χ2n) is 8.61. The average Bonchev–Trinajstić information content (AvgIpc) is 3.16. The lowest BCUT2D eigenvalue weighted by Gasteiger charge is -2.35. The summed E-state index contributed by atoms with van der Waals surface area (Å²) in [6.45, 7) is 7.37. The molecule has 0 aromatic heterocycles. The number of ether oxygens (including phenoxy) is 1. The first-order valence-electron chi connectivity index (χ1n) is 10.8. The number of morpholine rings is 1. The second kappa shape index (κ2) is 10.6. The van der Waals surface area contributed by atoms with Crippen LogP contribution in [-0.4, -0.2) is 72.8 Å². The van der Waals surface area contributed by atoms with Crippen molar-refractivity contribution >= 4 is 17.9 Å². The number of carboxylic acids is 1. The molecular formula is C24H29FN4O3. The van der Waals surface area contributed by atoms with Crippen molar-refractivity contribution in [2.75, 3.05) is 39.4 Å². The van der Waals surface area contributed by atoms with Gasteiger partial charge in [0.2, 0.25) is 0 Å². The molecule has 2 heterocycles. The molecule has 0 radical (unpaired) electrons. The van der Waals surface area contributed by atoms with Gasteiger partial charge in [0, 0.05) is 32.4 Å². The summed E-state index contributed by atoms with van der Waals surface area (Å²) in [7, 11) is 0. The smallest absolute Gasteiger partial charge is 0.326 e. The highest BCUT2D eigenvalue weighted by Gasteiger charge is 2.44. The van der Waals surface area contributed by atoms with Crippen molar-refractivity contribution in [3.63, 3.8) is 0 Å². The molecule has 2 unspecified atom stereocenters. The van der Waals surface area contributed by atoms with Gasteiger partial charge in [0.1, 0.15) is 11.4 Å². The van der Waals surface area contributed by atoms with E-state index in [1.807, 2.05) is 26.0 Å². The number of rotatable bonds is 9. The van der Waals surface area contributed by atoms with Gasteiger partial charge in [0.25, 0.3) is 0 Å². The lowest BCUT2D eigenvalue weighted by atomic mass is 9.84. The standard InChI is InChI=1S/C24H29FN4O3/c1-17(2)14-27-22(21(13-26)23(30)31)24(16-29-7-9-32-10-8-29)12-19(15-28-24)11-18-3-5-20(25)6-4-18/h3-6,12,15,17,21H,7-11,14,16H2,1-2H3,(H,30,31). The molecule has 0 saturated carbocycles. The summed E-state index contributed by atoms with van der Waals surface area (Å²) in [6.07, 6.45) is 4.18. The van der Waals surface area contributed by atoms with E-state index in [1.54, 1.807) is 18.3 Å². The molecule has 32 heavy (non-hydrogen) atoms. The number of halogens is 1. The molecule has 1 aromatic carbocycles. The summed E-state index contributed by atoms with van der Waals surface area (Å²) in [4.78, 5) is 23.5. The molecule has 1 aromatic rings. The van der Waals surface area contributed by atoms with Crippen molar-refractivity contribution in [3.05, 3.63) is 47.3 Å². The summed E-state index contributed by atoms with van der Waals surface area (Å²) in [5.41, 5.74) is 1.02. The fourth-order valence-electron chi connectivity index (χ4n) is 3.91. The number of aliphatic carboxylic acids is 1. The molecule has 2 aliphatic rings. The molecule has 3 rings (SSSR count). The van der Waals surface area contributed by atoms with Crippen LogP contribution < -0.4 is 0 Å². The lowest BCUT2D eigenvalue weighted by Crippen LogP contribution is -2.52. The van der Waals surface area contributed by atoms with E-state index in [4.69, 9.17) is 9.73 Å². The van der Waals surface area contributed by atoms with Crippen molar-refractivity contribution in [2.24, 2.45) is 21.8 Å². The van der Waals surface area contributed by atoms with Gasteiger partial charge in [-0.15, -0.1) is 0 Å². The molecular weight excluding hydrogens is 411 g/mol. The topological polar surface area (TPSA) is 98.3 Å². The largest absolute Gasteiger partial charge is 0.480 e. The predicted octanol–water partition coefficient (Wildman–Crippen LogP) is 2.77. The van der Waals surface area contributed by atoms with Gasteiger partial charge in [-0.1, -0.05) is 26.0 Å². The zero-order chi connectivity index (χ0) is 23.1. The van der Waals surface area contributed by atoms with Crippen LogP contribution in [-0.2, 0) is 16.0 Å². The second-order valence-corrected chi connectivity index (χ2v) is 8.61. The molecule has 0 aliphatic carbocycles. The normalized spacial score (nSPS) is 22.6. The van der Waals surface area contributed by atoms with Crippen LogP contribution in [0, 0.1) is 29.0 Å². The zero-order valence-electron chi connectivity index (χ0n) is 18.5. The third-order valence-electron chi connectivity index (χ3n) is 5.49. The first kappa shape index (κ1) is 23.8. The Morgan fingerprint density at radius 2 is 2.03 bits per heavy atom. The number of nitrogens with zero attached hydrogens (tertiary/aromatic N) is 4. The van der Waals surface area contributed by atoms with Gasteiger partial charge in [-0.2, -0.15) is 5.26 Å². The van der Waals surface area contributed by atoms with E-state index in [0.29, 0.717) is 45.8 Å². The first-order valence-corrected chi connectivity index (χ1v) is 10.8. The van der Waals surface area contributed by atoms with Crippen LogP contribution in [0.1, 0.15) is 19.4 Å². The third-order valence-corrected chi connectivity index (χ3v) is 5.49. The van der Waals surface area contributed by atoms with Crippen LogP contribution in [0.4, 0.5) is 4.39 Å². The van der Waals surface area contributed by atoms with Gasteiger partial charge in [0.05, 0.1) is 25.0 Å². The molecule has 7 nitrogen and oxygen atoms in total. The van der Waals surface area contributed by atoms with Crippen LogP contribution in [0.15, 0.2) is 45.9 Å². The van der Waals surface area contributed by atoms with Gasteiger partial charge in [-0.25, -0.2) is 4.39 Å². The molecule has 0 bridgehead atoms. The average molecular weight is 441 g/mol. The zero-order valence-corrected chi connectivity index (χ0v) is 18.5. The predicted molar refractivity (Wildman–Crippen MR) is 121 cm³/mol. The van der Waals surface area contributed by atoms with Crippen molar-refractivity contribution in [3.8, 4) is 6.07 Å². The van der Waals surface area contributed by atoms with Crippen molar-refractivity contribution in [1.29, 1.82) is 5.26 Å². The monoisotopic (exact) mass is 440 g/mol. The Bertz CT molecular complexity index is 943. The molecule has 2 aliphatic heterocycles. The van der Waals surface area contributed by atoms with E-state index in [2.05, 4.69) is 9.89 Å². The van der Waals surface area contributed by atoms with Gasteiger partial charge >= 0.3 is 5.97 Å². The molecule has 1 fully saturated rings. The maximum absolute atomic E-state index is 13.3. The van der Waals surface area contributed by atoms with Crippen LogP contribution in [0.5, 0.6) is 0 Å². The molecule has 0 amide bonds. The van der Waals surface area contributed by atoms with Gasteiger partial charge in [-0.3, -0.25) is 19.7 Å². The number of carboxylic acid groups (broad SMARTS) is 1. The molecule has 1 N–H and O–H groups in total. The summed E-state index contributed by atoms with van der Waals surface area (Å²) in [5, 5.41) is 19.5. The Labute approximate surface area is 187 Å². The number of hydrogen-bond acceptors (Lipinski definition) is 6. The minimum absolute atomic E-state index is 0.201. The van der Waals surface area contributed by atoms with Gasteiger partial charge < -0.3 is 9.84 Å². The Kier molecular flexibility index (Phi) is 7.89. The number of benzene rings is 1. The van der Waals surface area contributed by atoms with E-state index < -0.39 is 17.4 Å². The van der Waals surface area contributed by atoms with Crippen LogP contribution in [0.3, 0.4) is 0 Å². The van der Waals surface area contributed by atoms with E-state index in [1.165, 1.54) is 12.1 Å². The molecule has 0 spiro atoms. The highest BCUT2D eigenvalue weighted by Crippen LogP contribution is 2.30. The fourth-order valence-corrected chi connectivity index (χ4v) is 3.91. The Hall–Kier alpha value is -2.89. The molecule has 170 valence electrons. The van der Waals surface area contributed by atoms with E-state index >= 15 is 0 Å². The molecule has 8 heteroatoms. The number of nitriles is 1. The number of hydrogen-bond donors (Lipinski definition) is 1. The fraction of sp³-hybridized carbons (Fsp3) is 0.500. The van der Waals surface area contributed by atoms with E-state index in [0.717, 1.165) is 11.1 Å². The van der Waals surface area contributed by atoms with E-state index in [9.17, 15) is 19.6 Å². The summed E-state index contributed by atoms with van der Waals surface area (Å²) in [6, 6.07) is 8.17. The Morgan fingerprint density at radius 3 is 2.62 bits per heavy atom. The Balaban J connectivity index is 2.00. The number of allylic oxidation sites excluding steroid dienone is 1. The quantitative estimate of drug-likeness (QED) is 0.596. The highest BCUT2D eigenvalue weighted by atomic mass is 19.1. The number of aliphatic imine (C=N–C) groups is 2. The minimum atomic E-state index is -1.40. The highest BCUT2D eigenvalue weighted by molar-refractivity contribution is 6.12. The van der Waals surface area contributed by atoms with Crippen LogP contribution >= 0.6 is 0 Å². The van der Waals surface area contributed by atoms with Crippen LogP contribution in [0.25, 0.3) is 0 Å². The third kappa shape index (κ3) is 5.87. The summed E-state index contributed by atoms with van der Waals surface area (Å²) < 4.78 is 18.7. The Morgan fingerprint density at radius 1 is 1.34 bits per heavy atom. The number of carbonyl (C=O) groups is 1. The first-order chi connectivity index (χ1) is 15.3. The minimum Gasteiger partial charge on any atom is -0.480 e. The lowest BCUT2D eigenvalue weighted by molar-refractivity contribution is -0.137. The maximum Gasteiger partial charge on any atom is 0.326 e. The van der Waals surface area contributed by atoms with Crippen LogP contribution in [0.2, 0.25) is 0 Å². The van der Waals surface area contributed by atoms with Crippen molar-refractivity contribution in [2.45, 2.75) is 25.8 Å².